The quantitative estimate of drug-likeness (QED) is 0.0253. The molecule has 0 spiro atoms. The maximum absolute atomic E-state index is 14.6. The Balaban J connectivity index is 0.000000278. The highest BCUT2D eigenvalue weighted by Gasteiger charge is 2.50. The number of amides is 2. The van der Waals surface area contributed by atoms with Gasteiger partial charge in [0.05, 0.1) is 33.9 Å². The summed E-state index contributed by atoms with van der Waals surface area (Å²) in [5, 5.41) is 19.5. The molecule has 5 aliphatic rings. The van der Waals surface area contributed by atoms with Gasteiger partial charge in [-0.05, 0) is 148 Å². The van der Waals surface area contributed by atoms with Crippen LogP contribution in [0.1, 0.15) is 117 Å². The molecule has 10 aromatic rings. The fourth-order valence-electron chi connectivity index (χ4n) is 17.6. The second-order valence-corrected chi connectivity index (χ2v) is 38.5. The molecule has 2 unspecified atom stereocenters. The average molecular weight is 2110 g/mol. The number of carboxylic acid groups (broad SMARTS) is 1. The highest BCUT2D eigenvalue weighted by atomic mass is 32.2. The number of Topliss-reactive ketones (excluding diaryl/α,β-unsaturated/α-hetero) is 3. The number of likely N-dealkylation sites (tertiary alicyclic amines) is 1. The van der Waals surface area contributed by atoms with Gasteiger partial charge in [-0.25, -0.2) is 16.8 Å². The van der Waals surface area contributed by atoms with E-state index in [0.29, 0.717) is 82.9 Å². The number of aromatic nitrogens is 2. The van der Waals surface area contributed by atoms with Crippen LogP contribution < -0.4 is 10.7 Å². The predicted molar refractivity (Wildman–Crippen MR) is 493 cm³/mol. The number of carboxylic acids is 1. The monoisotopic (exact) mass is 2110 g/mol. The fraction of sp³-hybridized carbons (Fsp3) is 0.264. The molecule has 8 aromatic carbocycles. The Kier molecular flexibility index (Phi) is 37.0. The van der Waals surface area contributed by atoms with Gasteiger partial charge in [0.1, 0.15) is 64.1 Å². The summed E-state index contributed by atoms with van der Waals surface area (Å²) in [4.78, 5) is 79.3. The van der Waals surface area contributed by atoms with Crippen molar-refractivity contribution in [2.45, 2.75) is 138 Å². The van der Waals surface area contributed by atoms with Crippen LogP contribution in [-0.4, -0.2) is 222 Å². The van der Waals surface area contributed by atoms with Gasteiger partial charge >= 0.3 is 69.6 Å². The molecule has 0 bridgehead atoms. The van der Waals surface area contributed by atoms with E-state index in [0.717, 1.165) is 58.9 Å². The predicted octanol–water partition coefficient (Wildman–Crippen LogP) is 6.46. The molecule has 42 nitrogen and oxygen atoms in total. The first-order valence-electron chi connectivity index (χ1n) is 40.9. The van der Waals surface area contributed by atoms with E-state index >= 15 is 0 Å². The molecule has 2 amide bonds. The van der Waals surface area contributed by atoms with Crippen molar-refractivity contribution in [3.05, 3.63) is 214 Å². The normalized spacial score (nSPS) is 17.0. The molecule has 52 heteroatoms. The van der Waals surface area contributed by atoms with Crippen LogP contribution in [0.3, 0.4) is 0 Å². The van der Waals surface area contributed by atoms with E-state index in [9.17, 15) is 85.8 Å². The maximum Gasteiger partial charge on any atom is 0.425 e. The molecule has 0 saturated carbocycles. The zero-order valence-electron chi connectivity index (χ0n) is 73.5. The van der Waals surface area contributed by atoms with Crippen molar-refractivity contribution in [2.24, 2.45) is 10.8 Å². The summed E-state index contributed by atoms with van der Waals surface area (Å²) >= 11 is 0. The molecule has 3 N–H and O–H groups in total. The van der Waals surface area contributed by atoms with Crippen molar-refractivity contribution >= 4 is 239 Å². The molecular weight excluding hydrogens is 2030 g/mol. The first-order valence-corrected chi connectivity index (χ1v) is 52.6. The van der Waals surface area contributed by atoms with Crippen LogP contribution in [0.5, 0.6) is 0 Å². The summed E-state index contributed by atoms with van der Waals surface area (Å²) in [5.41, 5.74) is 2.68. The van der Waals surface area contributed by atoms with E-state index < -0.39 is 165 Å². The van der Waals surface area contributed by atoms with Gasteiger partial charge in [-0.3, -0.25) is 42.8 Å². The highest BCUT2D eigenvalue weighted by Crippen LogP contribution is 2.49. The van der Waals surface area contributed by atoms with Crippen LogP contribution in [0.15, 0.2) is 212 Å². The molecule has 15 rings (SSSR count). The Morgan fingerprint density at radius 1 is 0.410 bits per heavy atom. The van der Waals surface area contributed by atoms with Crippen molar-refractivity contribution in [1.29, 1.82) is 0 Å². The zero-order chi connectivity index (χ0) is 104. The molecule has 2 aliphatic carbocycles. The maximum atomic E-state index is 14.6. The summed E-state index contributed by atoms with van der Waals surface area (Å²) in [6, 6.07) is 35.1. The second kappa shape index (κ2) is 46.4. The molecule has 5 heterocycles. The van der Waals surface area contributed by atoms with Crippen LogP contribution in [-0.2, 0) is 146 Å². The number of ketones is 3. The molecule has 139 heavy (non-hydrogen) atoms. The number of rotatable bonds is 24. The third-order valence-electron chi connectivity index (χ3n) is 22.6. The first-order chi connectivity index (χ1) is 65.0. The van der Waals surface area contributed by atoms with Gasteiger partial charge < -0.3 is 23.3 Å². The summed E-state index contributed by atoms with van der Waals surface area (Å²) in [6.45, 7) is 12.4. The Hall–Kier alpha value is -13.4. The lowest BCUT2D eigenvalue weighted by atomic mass is 9.65. The minimum absolute atomic E-state index is 0.0107. The van der Waals surface area contributed by atoms with Gasteiger partial charge in [-0.1, -0.05) is 135 Å². The third kappa shape index (κ3) is 25.8. The number of carbonyl (C=O) groups is 6. The van der Waals surface area contributed by atoms with Crippen LogP contribution in [0, 0.1) is 10.8 Å². The van der Waals surface area contributed by atoms with E-state index in [1.165, 1.54) is 12.1 Å². The van der Waals surface area contributed by atoms with E-state index in [4.69, 9.17) is 75.8 Å². The SMILES string of the molecule is CCCC(=O)C1(C(=O)CN2C(=O)CCC2=O)CC(/C=C/C2=[N+](CC)c3c(S(=O)(=O)[O-])cc(S(=O)(=O)O)c4cccc2c34)=CC(=C/C=c2c3cccc4cccc(c43)n2CC)/C1.CCCC(=O)C1(C(=O)O)CC(/C=C/C2=[N+](CC)c3c(S(=O)(=O)[O-])cc(S(=O)(=O)O)c4cccc2c34)=CC(=C/C=c2c3cccc4cccc(c43)n2CC)/C1.O=S(=O)=O.O=S(=O)=O.O=S(=O)=O.O=S(=O)=O.O=S(=O)=O.O=S(=O)=O. The summed E-state index contributed by atoms with van der Waals surface area (Å²) < 4.78 is 305. The van der Waals surface area contributed by atoms with Crippen LogP contribution in [0.4, 0.5) is 11.4 Å². The summed E-state index contributed by atoms with van der Waals surface area (Å²) in [5.74, 6) is -3.43. The topological polar surface area (TPSA) is 672 Å². The molecule has 3 aliphatic heterocycles. The largest absolute Gasteiger partial charge is 0.744 e. The number of hydrogen-bond donors (Lipinski definition) is 3. The van der Waals surface area contributed by atoms with E-state index in [2.05, 4.69) is 71.5 Å². The van der Waals surface area contributed by atoms with E-state index in [1.54, 1.807) is 71.6 Å². The minimum atomic E-state index is -5.26. The van der Waals surface area contributed by atoms with Gasteiger partial charge in [-0.15, -0.1) is 75.8 Å². The van der Waals surface area contributed by atoms with Gasteiger partial charge in [0, 0.05) is 105 Å². The number of imide groups is 1. The smallest absolute Gasteiger partial charge is 0.425 e. The van der Waals surface area contributed by atoms with Crippen LogP contribution >= 0.6 is 0 Å². The van der Waals surface area contributed by atoms with Gasteiger partial charge in [0.25, 0.3) is 20.2 Å². The Bertz CT molecular complexity index is 8240. The third-order valence-corrected chi connectivity index (χ3v) is 26.1. The number of aryl methyl sites for hydroxylation is 2. The summed E-state index contributed by atoms with van der Waals surface area (Å²) in [7, 11) is -39.1. The fourth-order valence-corrected chi connectivity index (χ4v) is 20.6. The Morgan fingerprint density at radius 2 is 0.727 bits per heavy atom. The first kappa shape index (κ1) is 111. The second-order valence-electron chi connectivity index (χ2n) is 30.6. The van der Waals surface area contributed by atoms with Gasteiger partial charge in [-0.2, -0.15) is 26.0 Å². The van der Waals surface area contributed by atoms with Crippen molar-refractivity contribution in [3.63, 3.8) is 0 Å². The van der Waals surface area contributed by atoms with Crippen molar-refractivity contribution in [1.82, 2.24) is 14.0 Å². The van der Waals surface area contributed by atoms with Gasteiger partial charge in [0.15, 0.2) is 11.6 Å². The van der Waals surface area contributed by atoms with Gasteiger partial charge in [0.2, 0.25) is 34.6 Å². The number of aliphatic carboxylic acids is 1. The standard InChI is InChI=1S/C46H43N3O10S2.C41H38N2O9S2.6O3S/c1-4-10-39(50)46(40(51)27-49-41(52)21-22-42(49)53)25-28(17-19-34-31-13-7-11-30-12-8-16-36(43(30)31)47(34)5-2)23-29(26-46)18-20-35-32-14-9-15-33-37(60(54,55)56)24-38(61(57,58)59)45(44(32)33)48(35)6-3;1-4-10-36(44)41(40(45)46)23-25(17-19-31-28-13-7-11-27-12-8-16-33(37(27)28)42(31)5-2)21-26(24-41)18-20-32-29-14-9-15-30-34(53(47,48)49)22-35(54(50,51)52)39(38(29)30)43(32)6-3;6*1-4(2)3/h7-9,11-20,23-24H,4-6,10,21-22,25-27H2,1-3H3,(H-,54,55,56,57,58,59);7-9,11-22H,4-6,10,23-24H2,1-3H3,(H2-,45,46,47,48,49,50,51,52);;;;;;. The number of allylic oxidation sites excluding steroid dienone is 12. The Labute approximate surface area is 800 Å². The zero-order valence-corrected chi connectivity index (χ0v) is 81.6. The lowest BCUT2D eigenvalue weighted by Gasteiger charge is -2.36. The molecule has 736 valence electrons. The Morgan fingerprint density at radius 3 is 1.04 bits per heavy atom. The highest BCUT2D eigenvalue weighted by molar-refractivity contribution is 7.87. The van der Waals surface area contributed by atoms with Crippen molar-refractivity contribution in [3.8, 4) is 0 Å². The van der Waals surface area contributed by atoms with E-state index in [1.807, 2.05) is 74.6 Å². The molecule has 0 radical (unpaired) electrons. The van der Waals surface area contributed by atoms with E-state index in [-0.39, 0.29) is 109 Å². The van der Waals surface area contributed by atoms with Crippen molar-refractivity contribution < 1.29 is 171 Å². The lowest BCUT2D eigenvalue weighted by molar-refractivity contribution is -0.433. The molecular formula is C87H81N5O37S10. The number of hydrogen-bond acceptors (Lipinski definition) is 34. The number of carbonyl (C=O) groups excluding carboxylic acids is 5. The average Bonchev–Trinajstić information content (AvgIpc) is 1.59. The van der Waals surface area contributed by atoms with Crippen molar-refractivity contribution in [2.75, 3.05) is 19.6 Å². The molecule has 1 fully saturated rings. The molecule has 2 atom stereocenters. The van der Waals surface area contributed by atoms with Crippen LogP contribution in [0.2, 0.25) is 0 Å². The lowest BCUT2D eigenvalue weighted by Crippen LogP contribution is -2.47. The molecule has 1 saturated heterocycles. The minimum Gasteiger partial charge on any atom is -0.744 e. The number of nitrogens with zero attached hydrogens (tertiary/aromatic N) is 5. The van der Waals surface area contributed by atoms with Crippen LogP contribution in [0.25, 0.3) is 77.0 Å². The summed E-state index contributed by atoms with van der Waals surface area (Å²) in [6.07, 6.45) is 19.0. The number of benzene rings is 8. The molecule has 2 aromatic heterocycles.